The van der Waals surface area contributed by atoms with E-state index in [0.717, 1.165) is 10.6 Å². The van der Waals surface area contributed by atoms with Crippen molar-refractivity contribution in [3.63, 3.8) is 0 Å². The number of nitrogens with two attached hydrogens (primary N) is 1. The molecule has 0 aliphatic carbocycles. The molecule has 0 heterocycles. The zero-order valence-corrected chi connectivity index (χ0v) is 13.6. The lowest BCUT2D eigenvalue weighted by Crippen LogP contribution is -2.18. The van der Waals surface area contributed by atoms with Crippen LogP contribution in [0.15, 0.2) is 52.3 Å². The molecule has 0 atom stereocenters. The molecule has 0 aliphatic rings. The van der Waals surface area contributed by atoms with Gasteiger partial charge in [-0.15, -0.1) is 11.8 Å². The minimum absolute atomic E-state index is 0.183. The molecule has 0 amide bonds. The summed E-state index contributed by atoms with van der Waals surface area (Å²) in [5.74, 6) is 0.801. The summed E-state index contributed by atoms with van der Waals surface area (Å²) in [5.41, 5.74) is 8.92. The molecule has 0 saturated heterocycles. The highest BCUT2D eigenvalue weighted by Gasteiger charge is 2.13. The lowest BCUT2D eigenvalue weighted by molar-refractivity contribution is 0.588. The second-order valence-electron chi connectivity index (χ2n) is 4.62. The number of nitrogens with one attached hydrogen (secondary N) is 1. The second kappa shape index (κ2) is 6.51. The van der Waals surface area contributed by atoms with Crippen molar-refractivity contribution in [1.82, 2.24) is 4.72 Å². The van der Waals surface area contributed by atoms with Crippen LogP contribution in [-0.2, 0) is 15.8 Å². The van der Waals surface area contributed by atoms with Crippen LogP contribution in [0.3, 0.4) is 0 Å². The smallest absolute Gasteiger partial charge is 0.240 e. The number of sulfonamides is 1. The maximum atomic E-state index is 11.7. The van der Waals surface area contributed by atoms with Gasteiger partial charge in [0.15, 0.2) is 0 Å². The number of benzene rings is 2. The topological polar surface area (TPSA) is 72.2 Å². The van der Waals surface area contributed by atoms with Crippen molar-refractivity contribution in [2.24, 2.45) is 0 Å². The molecule has 112 valence electrons. The van der Waals surface area contributed by atoms with Crippen molar-refractivity contribution in [2.45, 2.75) is 22.5 Å². The van der Waals surface area contributed by atoms with Crippen LogP contribution in [-0.4, -0.2) is 15.5 Å². The van der Waals surface area contributed by atoms with Gasteiger partial charge in [0, 0.05) is 16.3 Å². The molecule has 0 bridgehead atoms. The van der Waals surface area contributed by atoms with Gasteiger partial charge in [-0.05, 0) is 43.3 Å². The van der Waals surface area contributed by atoms with E-state index in [-0.39, 0.29) is 4.90 Å². The van der Waals surface area contributed by atoms with E-state index in [2.05, 4.69) is 23.8 Å². The van der Waals surface area contributed by atoms with Gasteiger partial charge >= 0.3 is 0 Å². The monoisotopic (exact) mass is 322 g/mol. The van der Waals surface area contributed by atoms with Crippen molar-refractivity contribution in [3.8, 4) is 0 Å². The number of rotatable bonds is 5. The van der Waals surface area contributed by atoms with Crippen molar-refractivity contribution in [3.05, 3.63) is 53.6 Å². The molecule has 0 saturated carbocycles. The summed E-state index contributed by atoms with van der Waals surface area (Å²) < 4.78 is 25.7. The first-order valence-corrected chi connectivity index (χ1v) is 8.91. The molecule has 0 radical (unpaired) electrons. The third-order valence-electron chi connectivity index (χ3n) is 3.20. The molecule has 3 N–H and O–H groups in total. The molecular weight excluding hydrogens is 304 g/mol. The third kappa shape index (κ3) is 3.78. The van der Waals surface area contributed by atoms with Gasteiger partial charge in [0.05, 0.1) is 4.90 Å². The Morgan fingerprint density at radius 2 is 1.90 bits per heavy atom. The summed E-state index contributed by atoms with van der Waals surface area (Å²) >= 11 is 1.60. The quantitative estimate of drug-likeness (QED) is 0.656. The van der Waals surface area contributed by atoms with Gasteiger partial charge in [-0.25, -0.2) is 13.1 Å². The Labute approximate surface area is 129 Å². The van der Waals surface area contributed by atoms with E-state index in [1.807, 2.05) is 12.1 Å². The zero-order chi connectivity index (χ0) is 15.5. The fourth-order valence-electron chi connectivity index (χ4n) is 1.87. The van der Waals surface area contributed by atoms with Crippen LogP contribution in [0.4, 0.5) is 5.69 Å². The molecule has 0 spiro atoms. The summed E-state index contributed by atoms with van der Waals surface area (Å²) in [6, 6.07) is 13.0. The van der Waals surface area contributed by atoms with Gasteiger partial charge in [-0.2, -0.15) is 0 Å². The highest BCUT2D eigenvalue weighted by Crippen LogP contribution is 2.30. The van der Waals surface area contributed by atoms with Crippen LogP contribution in [0.5, 0.6) is 0 Å². The Kier molecular flexibility index (Phi) is 4.92. The Morgan fingerprint density at radius 1 is 1.19 bits per heavy atom. The van der Waals surface area contributed by atoms with Crippen LogP contribution in [0.1, 0.15) is 11.1 Å². The van der Waals surface area contributed by atoms with Crippen LogP contribution in [0.2, 0.25) is 0 Å². The van der Waals surface area contributed by atoms with Gasteiger partial charge in [-0.1, -0.05) is 24.3 Å². The van der Waals surface area contributed by atoms with E-state index in [1.54, 1.807) is 23.9 Å². The Hall–Kier alpha value is -1.50. The van der Waals surface area contributed by atoms with Crippen LogP contribution < -0.4 is 10.5 Å². The highest BCUT2D eigenvalue weighted by atomic mass is 32.2. The molecule has 6 heteroatoms. The molecule has 2 aromatic rings. The Morgan fingerprint density at radius 3 is 2.52 bits per heavy atom. The lowest BCUT2D eigenvalue weighted by atomic mass is 10.1. The molecule has 0 aliphatic heterocycles. The number of hydrogen-bond acceptors (Lipinski definition) is 4. The number of hydrogen-bond donors (Lipinski definition) is 2. The van der Waals surface area contributed by atoms with E-state index < -0.39 is 10.0 Å². The van der Waals surface area contributed by atoms with E-state index >= 15 is 0 Å². The van der Waals surface area contributed by atoms with Crippen molar-refractivity contribution >= 4 is 27.5 Å². The van der Waals surface area contributed by atoms with Gasteiger partial charge in [0.2, 0.25) is 10.0 Å². The van der Waals surface area contributed by atoms with Crippen LogP contribution in [0.25, 0.3) is 0 Å². The summed E-state index contributed by atoms with van der Waals surface area (Å²) in [7, 11) is -2.07. The fraction of sp³-hybridized carbons (Fsp3) is 0.200. The van der Waals surface area contributed by atoms with Gasteiger partial charge in [-0.3, -0.25) is 0 Å². The third-order valence-corrected chi connectivity index (χ3v) is 5.75. The molecule has 2 rings (SSSR count). The minimum Gasteiger partial charge on any atom is -0.398 e. The predicted octanol–water partition coefficient (Wildman–Crippen LogP) is 2.78. The van der Waals surface area contributed by atoms with Crippen molar-refractivity contribution in [1.29, 1.82) is 0 Å². The molecule has 0 fully saturated rings. The maximum absolute atomic E-state index is 11.7. The molecular formula is C15H18N2O2S2. The van der Waals surface area contributed by atoms with Crippen molar-refractivity contribution in [2.75, 3.05) is 12.8 Å². The average Bonchev–Trinajstić information content (AvgIpc) is 2.47. The Bertz CT molecular complexity index is 743. The van der Waals surface area contributed by atoms with Crippen LogP contribution >= 0.6 is 11.8 Å². The first kappa shape index (κ1) is 15.9. The standard InChI is InChI=1S/C15H18N2O2S2/c1-11-5-3-4-6-12(11)10-20-15-8-7-13(9-14(15)16)21(18,19)17-2/h3-9,17H,10,16H2,1-2H3. The predicted molar refractivity (Wildman–Crippen MR) is 87.8 cm³/mol. The number of nitrogen functional groups attached to an aromatic ring is 1. The maximum Gasteiger partial charge on any atom is 0.240 e. The van der Waals surface area contributed by atoms with Gasteiger partial charge in [0.25, 0.3) is 0 Å². The number of thioether (sulfide) groups is 1. The number of aryl methyl sites for hydroxylation is 1. The first-order valence-electron chi connectivity index (χ1n) is 6.44. The van der Waals surface area contributed by atoms with E-state index in [9.17, 15) is 8.42 Å². The largest absolute Gasteiger partial charge is 0.398 e. The first-order chi connectivity index (χ1) is 9.94. The second-order valence-corrected chi connectivity index (χ2v) is 7.53. The SMILES string of the molecule is CNS(=O)(=O)c1ccc(SCc2ccccc2C)c(N)c1. The lowest BCUT2D eigenvalue weighted by Gasteiger charge is -2.09. The van der Waals surface area contributed by atoms with E-state index in [0.29, 0.717) is 5.69 Å². The minimum atomic E-state index is -3.45. The van der Waals surface area contributed by atoms with Gasteiger partial charge < -0.3 is 5.73 Å². The van der Waals surface area contributed by atoms with E-state index in [1.165, 1.54) is 24.2 Å². The molecule has 2 aromatic carbocycles. The summed E-state index contributed by atoms with van der Waals surface area (Å²) in [5, 5.41) is 0. The highest BCUT2D eigenvalue weighted by molar-refractivity contribution is 7.98. The summed E-state index contributed by atoms with van der Waals surface area (Å²) in [6.07, 6.45) is 0. The normalized spacial score (nSPS) is 11.5. The molecule has 4 nitrogen and oxygen atoms in total. The zero-order valence-electron chi connectivity index (χ0n) is 12.0. The Balaban J connectivity index is 2.17. The van der Waals surface area contributed by atoms with Gasteiger partial charge in [0.1, 0.15) is 0 Å². The average molecular weight is 322 g/mol. The summed E-state index contributed by atoms with van der Waals surface area (Å²) in [6.45, 7) is 2.07. The molecule has 0 unspecified atom stereocenters. The van der Waals surface area contributed by atoms with Crippen molar-refractivity contribution < 1.29 is 8.42 Å². The molecule has 0 aromatic heterocycles. The van der Waals surface area contributed by atoms with E-state index in [4.69, 9.17) is 5.73 Å². The summed E-state index contributed by atoms with van der Waals surface area (Å²) in [4.78, 5) is 1.07. The fourth-order valence-corrected chi connectivity index (χ4v) is 3.66. The number of anilines is 1. The van der Waals surface area contributed by atoms with Crippen LogP contribution in [0, 0.1) is 6.92 Å². The molecule has 21 heavy (non-hydrogen) atoms.